The summed E-state index contributed by atoms with van der Waals surface area (Å²) >= 11 is 0. The van der Waals surface area contributed by atoms with Gasteiger partial charge in [-0.15, -0.1) is 0 Å². The highest BCUT2D eigenvalue weighted by Crippen LogP contribution is 2.27. The molecule has 1 unspecified atom stereocenters. The molecule has 1 aromatic heterocycles. The van der Waals surface area contributed by atoms with Gasteiger partial charge in [0.2, 0.25) is 5.91 Å². The van der Waals surface area contributed by atoms with Crippen molar-refractivity contribution >= 4 is 23.7 Å². The van der Waals surface area contributed by atoms with Crippen molar-refractivity contribution < 1.29 is 24.2 Å². The van der Waals surface area contributed by atoms with E-state index in [9.17, 15) is 14.4 Å². The zero-order valence-corrected chi connectivity index (χ0v) is 19.8. The Morgan fingerprint density at radius 1 is 1.03 bits per heavy atom. The first kappa shape index (κ1) is 24.3. The molecule has 2 amide bonds. The predicted octanol–water partition coefficient (Wildman–Crippen LogP) is 3.14. The third-order valence-corrected chi connectivity index (χ3v) is 7.43. The molecule has 0 aromatic carbocycles. The SMILES string of the molecule is O=C(O)CC1CCN(C(=O)CCCCC2CN(C3CCN(c4ccncc4)CC3)C(=O)O2)CC1. The van der Waals surface area contributed by atoms with Crippen molar-refractivity contribution in [2.75, 3.05) is 37.6 Å². The normalized spacial score (nSPS) is 22.2. The number of carboxylic acids is 1. The fourth-order valence-corrected chi connectivity index (χ4v) is 5.42. The molecule has 0 spiro atoms. The van der Waals surface area contributed by atoms with Crippen LogP contribution in [0.5, 0.6) is 0 Å². The van der Waals surface area contributed by atoms with E-state index in [0.29, 0.717) is 26.1 Å². The molecule has 0 saturated carbocycles. The number of aliphatic carboxylic acids is 1. The van der Waals surface area contributed by atoms with Crippen LogP contribution >= 0.6 is 0 Å². The molecule has 0 aliphatic carbocycles. The highest BCUT2D eigenvalue weighted by Gasteiger charge is 2.37. The van der Waals surface area contributed by atoms with Crippen LogP contribution in [-0.2, 0) is 14.3 Å². The lowest BCUT2D eigenvalue weighted by molar-refractivity contribution is -0.138. The van der Waals surface area contributed by atoms with Gasteiger partial charge in [0.1, 0.15) is 6.10 Å². The maximum Gasteiger partial charge on any atom is 0.410 e. The molecule has 0 bridgehead atoms. The number of carboxylic acid groups (broad SMARTS) is 1. The third kappa shape index (κ3) is 6.39. The second-order valence-corrected chi connectivity index (χ2v) is 9.75. The number of piperidine rings is 2. The van der Waals surface area contributed by atoms with Gasteiger partial charge in [0.05, 0.1) is 6.54 Å². The second kappa shape index (κ2) is 11.5. The fourth-order valence-electron chi connectivity index (χ4n) is 5.42. The van der Waals surface area contributed by atoms with Gasteiger partial charge in [-0.1, -0.05) is 0 Å². The van der Waals surface area contributed by atoms with Gasteiger partial charge < -0.3 is 24.5 Å². The Morgan fingerprint density at radius 3 is 2.41 bits per heavy atom. The lowest BCUT2D eigenvalue weighted by Crippen LogP contribution is -2.45. The summed E-state index contributed by atoms with van der Waals surface area (Å²) in [5, 5.41) is 8.92. The van der Waals surface area contributed by atoms with Crippen LogP contribution in [0.25, 0.3) is 0 Å². The number of nitrogens with zero attached hydrogens (tertiary/aromatic N) is 4. The van der Waals surface area contributed by atoms with Gasteiger partial charge in [0.25, 0.3) is 0 Å². The number of likely N-dealkylation sites (tertiary alicyclic amines) is 1. The topological polar surface area (TPSA) is 103 Å². The molecule has 0 radical (unpaired) electrons. The van der Waals surface area contributed by atoms with Gasteiger partial charge in [-0.05, 0) is 63.0 Å². The summed E-state index contributed by atoms with van der Waals surface area (Å²) < 4.78 is 5.63. The lowest BCUT2D eigenvalue weighted by atomic mass is 9.93. The Morgan fingerprint density at radius 2 is 1.74 bits per heavy atom. The molecule has 3 fully saturated rings. The van der Waals surface area contributed by atoms with E-state index in [-0.39, 0.29) is 36.5 Å². The van der Waals surface area contributed by atoms with Gasteiger partial charge in [0.15, 0.2) is 0 Å². The number of ether oxygens (including phenoxy) is 1. The number of carbonyl (C=O) groups excluding carboxylic acids is 2. The quantitative estimate of drug-likeness (QED) is 0.551. The summed E-state index contributed by atoms with van der Waals surface area (Å²) in [7, 11) is 0. The van der Waals surface area contributed by atoms with E-state index in [0.717, 1.165) is 58.0 Å². The zero-order chi connectivity index (χ0) is 23.9. The van der Waals surface area contributed by atoms with Crippen molar-refractivity contribution in [2.45, 2.75) is 69.9 Å². The number of pyridine rings is 1. The summed E-state index contributed by atoms with van der Waals surface area (Å²) in [5.41, 5.74) is 1.18. The molecule has 3 saturated heterocycles. The first-order chi connectivity index (χ1) is 16.5. The van der Waals surface area contributed by atoms with Crippen molar-refractivity contribution in [3.63, 3.8) is 0 Å². The molecular formula is C25H36N4O5. The molecule has 1 N–H and O–H groups in total. The van der Waals surface area contributed by atoms with Gasteiger partial charge in [-0.25, -0.2) is 4.79 Å². The molecule has 9 heteroatoms. The van der Waals surface area contributed by atoms with Crippen LogP contribution in [0.15, 0.2) is 24.5 Å². The second-order valence-electron chi connectivity index (χ2n) is 9.75. The van der Waals surface area contributed by atoms with Gasteiger partial charge in [0, 0.05) is 63.1 Å². The Kier molecular flexibility index (Phi) is 8.24. The van der Waals surface area contributed by atoms with E-state index < -0.39 is 5.97 Å². The highest BCUT2D eigenvalue weighted by atomic mass is 16.6. The number of hydrogen-bond acceptors (Lipinski definition) is 6. The minimum Gasteiger partial charge on any atom is -0.481 e. The number of anilines is 1. The molecule has 3 aliphatic heterocycles. The van der Waals surface area contributed by atoms with Crippen molar-refractivity contribution in [1.29, 1.82) is 0 Å². The summed E-state index contributed by atoms with van der Waals surface area (Å²) in [5.74, 6) is -0.421. The molecule has 4 heterocycles. The van der Waals surface area contributed by atoms with Crippen LogP contribution in [0, 0.1) is 5.92 Å². The Hall–Kier alpha value is -2.84. The third-order valence-electron chi connectivity index (χ3n) is 7.43. The fraction of sp³-hybridized carbons (Fsp3) is 0.680. The van der Waals surface area contributed by atoms with Crippen molar-refractivity contribution in [3.8, 4) is 0 Å². The number of carbonyl (C=O) groups is 3. The van der Waals surface area contributed by atoms with Crippen LogP contribution in [0.3, 0.4) is 0 Å². The summed E-state index contributed by atoms with van der Waals surface area (Å²) in [4.78, 5) is 46.0. The van der Waals surface area contributed by atoms with E-state index >= 15 is 0 Å². The summed E-state index contributed by atoms with van der Waals surface area (Å²) in [6, 6.07) is 4.26. The van der Waals surface area contributed by atoms with Crippen LogP contribution in [-0.4, -0.2) is 82.7 Å². The number of hydrogen-bond donors (Lipinski definition) is 1. The summed E-state index contributed by atoms with van der Waals surface area (Å²) in [6.45, 7) is 3.79. The number of amides is 2. The van der Waals surface area contributed by atoms with Crippen molar-refractivity contribution in [1.82, 2.24) is 14.8 Å². The van der Waals surface area contributed by atoms with Gasteiger partial charge in [-0.3, -0.25) is 14.6 Å². The monoisotopic (exact) mass is 472 g/mol. The molecular weight excluding hydrogens is 436 g/mol. The minimum atomic E-state index is -0.758. The lowest BCUT2D eigenvalue weighted by Gasteiger charge is -2.36. The Labute approximate surface area is 201 Å². The van der Waals surface area contributed by atoms with Crippen molar-refractivity contribution in [3.05, 3.63) is 24.5 Å². The average molecular weight is 473 g/mol. The zero-order valence-electron chi connectivity index (χ0n) is 19.8. The van der Waals surface area contributed by atoms with Crippen LogP contribution in [0.2, 0.25) is 0 Å². The standard InChI is InChI=1S/C25H36N4O5/c30-23(28-13-7-19(8-14-28)17-24(31)32)4-2-1-3-22-18-29(25(33)34-22)21-9-15-27(16-10-21)20-5-11-26-12-6-20/h5-6,11-12,19,21-22H,1-4,7-10,13-18H2,(H,31,32). The first-order valence-corrected chi connectivity index (χ1v) is 12.6. The number of cyclic esters (lactones) is 1. The molecule has 34 heavy (non-hydrogen) atoms. The van der Waals surface area contributed by atoms with E-state index in [2.05, 4.69) is 9.88 Å². The highest BCUT2D eigenvalue weighted by molar-refractivity contribution is 5.76. The molecule has 4 rings (SSSR count). The maximum atomic E-state index is 12.5. The van der Waals surface area contributed by atoms with Gasteiger partial charge in [-0.2, -0.15) is 0 Å². The molecule has 1 aromatic rings. The van der Waals surface area contributed by atoms with E-state index in [1.54, 1.807) is 0 Å². The average Bonchev–Trinajstić information content (AvgIpc) is 3.22. The van der Waals surface area contributed by atoms with E-state index in [1.807, 2.05) is 34.3 Å². The first-order valence-electron chi connectivity index (χ1n) is 12.6. The van der Waals surface area contributed by atoms with Crippen LogP contribution in [0.4, 0.5) is 10.5 Å². The Balaban J connectivity index is 1.11. The number of aromatic nitrogens is 1. The van der Waals surface area contributed by atoms with Crippen LogP contribution < -0.4 is 4.90 Å². The molecule has 186 valence electrons. The summed E-state index contributed by atoms with van der Waals surface area (Å²) in [6.07, 6.45) is 9.85. The van der Waals surface area contributed by atoms with Crippen molar-refractivity contribution in [2.24, 2.45) is 5.92 Å². The largest absolute Gasteiger partial charge is 0.481 e. The molecule has 9 nitrogen and oxygen atoms in total. The van der Waals surface area contributed by atoms with E-state index in [4.69, 9.17) is 9.84 Å². The Bertz CT molecular complexity index is 835. The molecule has 3 aliphatic rings. The van der Waals surface area contributed by atoms with Crippen LogP contribution in [0.1, 0.15) is 57.8 Å². The smallest absolute Gasteiger partial charge is 0.410 e. The molecule has 1 atom stereocenters. The van der Waals surface area contributed by atoms with Gasteiger partial charge >= 0.3 is 12.1 Å². The number of rotatable bonds is 9. The number of unbranched alkanes of at least 4 members (excludes halogenated alkanes) is 1. The van der Waals surface area contributed by atoms with E-state index in [1.165, 1.54) is 5.69 Å². The predicted molar refractivity (Wildman–Crippen MR) is 126 cm³/mol. The maximum absolute atomic E-state index is 12.5. The minimum absolute atomic E-state index is 0.0902.